The molecular formula is C32H34N2O7. The summed E-state index contributed by atoms with van der Waals surface area (Å²) in [6.45, 7) is 6.33. The number of amides is 2. The third kappa shape index (κ3) is 6.45. The third-order valence-electron chi connectivity index (χ3n) is 7.30. The molecule has 2 unspecified atom stereocenters. The number of nitrogens with one attached hydrogen (secondary N) is 1. The Hall–Kier alpha value is -4.53. The normalized spacial score (nSPS) is 17.9. The van der Waals surface area contributed by atoms with Crippen molar-refractivity contribution in [1.82, 2.24) is 10.2 Å². The fraction of sp³-hybridized carbons (Fsp3) is 0.344. The van der Waals surface area contributed by atoms with E-state index in [1.54, 1.807) is 37.8 Å². The van der Waals surface area contributed by atoms with Gasteiger partial charge < -0.3 is 29.5 Å². The lowest BCUT2D eigenvalue weighted by atomic mass is 9.98. The van der Waals surface area contributed by atoms with Gasteiger partial charge in [0.25, 0.3) is 0 Å². The molecule has 0 spiro atoms. The quantitative estimate of drug-likeness (QED) is 0.391. The highest BCUT2D eigenvalue weighted by atomic mass is 16.6. The first-order valence-electron chi connectivity index (χ1n) is 13.6. The minimum absolute atomic E-state index is 0.0668. The molecule has 2 amide bonds. The zero-order chi connectivity index (χ0) is 29.1. The van der Waals surface area contributed by atoms with Gasteiger partial charge in [-0.25, -0.2) is 14.4 Å². The maximum absolute atomic E-state index is 13.0. The minimum atomic E-state index is -1.02. The van der Waals surface area contributed by atoms with Crippen LogP contribution in [0.5, 0.6) is 5.75 Å². The van der Waals surface area contributed by atoms with Crippen LogP contribution in [0.15, 0.2) is 72.8 Å². The molecule has 9 nitrogen and oxygen atoms in total. The average molecular weight is 559 g/mol. The van der Waals surface area contributed by atoms with Crippen LogP contribution in [-0.2, 0) is 9.47 Å². The summed E-state index contributed by atoms with van der Waals surface area (Å²) in [6.07, 6.45) is -1.04. The summed E-state index contributed by atoms with van der Waals surface area (Å²) in [5, 5.41) is 12.1. The Kier molecular flexibility index (Phi) is 7.88. The van der Waals surface area contributed by atoms with Crippen molar-refractivity contribution < 1.29 is 33.7 Å². The minimum Gasteiger partial charge on any atom is -0.493 e. The maximum Gasteiger partial charge on any atom is 0.410 e. The average Bonchev–Trinajstić information content (AvgIpc) is 3.49. The van der Waals surface area contributed by atoms with Crippen molar-refractivity contribution in [2.75, 3.05) is 26.3 Å². The molecule has 214 valence electrons. The van der Waals surface area contributed by atoms with E-state index in [1.807, 2.05) is 24.3 Å². The summed E-state index contributed by atoms with van der Waals surface area (Å²) in [4.78, 5) is 38.5. The van der Waals surface area contributed by atoms with E-state index in [-0.39, 0.29) is 37.2 Å². The van der Waals surface area contributed by atoms with Gasteiger partial charge in [-0.1, -0.05) is 48.5 Å². The van der Waals surface area contributed by atoms with Crippen molar-refractivity contribution in [2.45, 2.75) is 38.3 Å². The number of hydrogen-bond donors (Lipinski definition) is 2. The molecule has 2 aliphatic rings. The Morgan fingerprint density at radius 2 is 1.49 bits per heavy atom. The molecule has 0 aromatic heterocycles. The Morgan fingerprint density at radius 3 is 2.07 bits per heavy atom. The van der Waals surface area contributed by atoms with Crippen LogP contribution in [0.4, 0.5) is 9.59 Å². The number of alkyl carbamates (subject to hydrolysis) is 1. The highest BCUT2D eigenvalue weighted by Crippen LogP contribution is 2.44. The van der Waals surface area contributed by atoms with Crippen LogP contribution >= 0.6 is 0 Å². The summed E-state index contributed by atoms with van der Waals surface area (Å²) in [6, 6.07) is 21.9. The fourth-order valence-corrected chi connectivity index (χ4v) is 5.37. The number of ether oxygens (including phenoxy) is 3. The van der Waals surface area contributed by atoms with Crippen LogP contribution in [0.1, 0.15) is 48.2 Å². The number of hydrogen-bond acceptors (Lipinski definition) is 6. The molecule has 1 aliphatic carbocycles. The largest absolute Gasteiger partial charge is 0.493 e. The van der Waals surface area contributed by atoms with Crippen molar-refractivity contribution in [1.29, 1.82) is 0 Å². The van der Waals surface area contributed by atoms with Gasteiger partial charge in [0.1, 0.15) is 18.0 Å². The molecule has 3 aromatic rings. The van der Waals surface area contributed by atoms with E-state index in [0.717, 1.165) is 22.3 Å². The van der Waals surface area contributed by atoms with E-state index < -0.39 is 29.8 Å². The molecule has 1 aliphatic heterocycles. The third-order valence-corrected chi connectivity index (χ3v) is 7.30. The molecule has 0 saturated carbocycles. The second-order valence-corrected chi connectivity index (χ2v) is 11.4. The monoisotopic (exact) mass is 558 g/mol. The summed E-state index contributed by atoms with van der Waals surface area (Å²) >= 11 is 0. The van der Waals surface area contributed by atoms with Crippen LogP contribution in [0, 0.1) is 5.92 Å². The highest BCUT2D eigenvalue weighted by Gasteiger charge is 2.39. The van der Waals surface area contributed by atoms with Gasteiger partial charge in [0.2, 0.25) is 0 Å². The van der Waals surface area contributed by atoms with E-state index in [1.165, 1.54) is 12.1 Å². The van der Waals surface area contributed by atoms with Crippen molar-refractivity contribution in [3.8, 4) is 16.9 Å². The van der Waals surface area contributed by atoms with E-state index in [9.17, 15) is 14.4 Å². The van der Waals surface area contributed by atoms with Gasteiger partial charge in [0, 0.05) is 24.9 Å². The molecule has 1 fully saturated rings. The Bertz CT molecular complexity index is 1380. The van der Waals surface area contributed by atoms with Crippen molar-refractivity contribution >= 4 is 18.2 Å². The summed E-state index contributed by atoms with van der Waals surface area (Å²) in [5.41, 5.74) is 4.04. The van der Waals surface area contributed by atoms with Gasteiger partial charge in [0.15, 0.2) is 0 Å². The zero-order valence-electron chi connectivity index (χ0n) is 23.3. The number of nitrogens with zero attached hydrogens (tertiary/aromatic N) is 1. The molecule has 0 bridgehead atoms. The molecule has 0 radical (unpaired) electrons. The number of carbonyl (C=O) groups excluding carboxylic acids is 2. The van der Waals surface area contributed by atoms with Crippen LogP contribution in [0.3, 0.4) is 0 Å². The lowest BCUT2D eigenvalue weighted by molar-refractivity contribution is 0.0282. The van der Waals surface area contributed by atoms with Gasteiger partial charge >= 0.3 is 18.2 Å². The Labute approximate surface area is 239 Å². The predicted octanol–water partition coefficient (Wildman–Crippen LogP) is 5.54. The van der Waals surface area contributed by atoms with Crippen LogP contribution in [0.2, 0.25) is 0 Å². The molecule has 1 heterocycles. The SMILES string of the molecule is CC(C)(C)OC(=O)N1CC(COc2ccc(C(=O)O)cc2)C(NC(=O)OCC2c3ccccc3-c3ccccc32)C1. The number of aromatic carboxylic acids is 1. The highest BCUT2D eigenvalue weighted by molar-refractivity contribution is 5.87. The number of rotatable bonds is 7. The Morgan fingerprint density at radius 1 is 0.878 bits per heavy atom. The molecule has 2 N–H and O–H groups in total. The standard InChI is InChI=1S/C32H34N2O7/c1-32(2,3)41-31(38)34-16-21(18-39-22-14-12-20(13-15-22)29(35)36)28(17-34)33-30(37)40-19-27-25-10-6-4-8-23(25)24-9-5-7-11-26(24)27/h4-15,21,27-28H,16-19H2,1-3H3,(H,33,37)(H,35,36). The predicted molar refractivity (Wildman–Crippen MR) is 152 cm³/mol. The number of carboxylic acid groups (broad SMARTS) is 1. The van der Waals surface area contributed by atoms with Gasteiger partial charge in [-0.15, -0.1) is 0 Å². The summed E-state index contributed by atoms with van der Waals surface area (Å²) < 4.78 is 17.2. The summed E-state index contributed by atoms with van der Waals surface area (Å²) in [5.74, 6) is -0.844. The van der Waals surface area contributed by atoms with Gasteiger partial charge in [0.05, 0.1) is 18.2 Å². The van der Waals surface area contributed by atoms with Crippen LogP contribution in [-0.4, -0.2) is 66.1 Å². The zero-order valence-corrected chi connectivity index (χ0v) is 23.3. The second-order valence-electron chi connectivity index (χ2n) is 11.4. The van der Waals surface area contributed by atoms with Crippen LogP contribution in [0.25, 0.3) is 11.1 Å². The lowest BCUT2D eigenvalue weighted by Gasteiger charge is -2.24. The number of likely N-dealkylation sites (tertiary alicyclic amines) is 1. The van der Waals surface area contributed by atoms with Crippen molar-refractivity contribution in [3.05, 3.63) is 89.5 Å². The van der Waals surface area contributed by atoms with Gasteiger partial charge in [-0.05, 0) is 67.3 Å². The number of fused-ring (bicyclic) bond motifs is 3. The van der Waals surface area contributed by atoms with Gasteiger partial charge in [-0.3, -0.25) is 0 Å². The molecule has 1 saturated heterocycles. The first-order chi connectivity index (χ1) is 19.6. The number of carbonyl (C=O) groups is 3. The first-order valence-corrected chi connectivity index (χ1v) is 13.6. The van der Waals surface area contributed by atoms with Crippen LogP contribution < -0.4 is 10.1 Å². The van der Waals surface area contributed by atoms with E-state index >= 15 is 0 Å². The van der Waals surface area contributed by atoms with Crippen molar-refractivity contribution in [2.24, 2.45) is 5.92 Å². The molecule has 9 heteroatoms. The molecule has 3 aromatic carbocycles. The fourth-order valence-electron chi connectivity index (χ4n) is 5.37. The molecule has 5 rings (SSSR count). The molecule has 2 atom stereocenters. The first kappa shape index (κ1) is 28.0. The topological polar surface area (TPSA) is 114 Å². The smallest absolute Gasteiger partial charge is 0.410 e. The lowest BCUT2D eigenvalue weighted by Crippen LogP contribution is -2.43. The van der Waals surface area contributed by atoms with Gasteiger partial charge in [-0.2, -0.15) is 0 Å². The molecule has 41 heavy (non-hydrogen) atoms. The number of benzene rings is 3. The van der Waals surface area contributed by atoms with E-state index in [0.29, 0.717) is 12.3 Å². The van der Waals surface area contributed by atoms with Crippen molar-refractivity contribution in [3.63, 3.8) is 0 Å². The summed E-state index contributed by atoms with van der Waals surface area (Å²) in [7, 11) is 0. The van der Waals surface area contributed by atoms with E-state index in [2.05, 4.69) is 29.6 Å². The maximum atomic E-state index is 13.0. The van der Waals surface area contributed by atoms with E-state index in [4.69, 9.17) is 19.3 Å². The number of carboxylic acids is 1. The second kappa shape index (κ2) is 11.5. The molecular weight excluding hydrogens is 524 g/mol. The Balaban J connectivity index is 1.24.